The van der Waals surface area contributed by atoms with Crippen molar-refractivity contribution in [3.63, 3.8) is 0 Å². The van der Waals surface area contributed by atoms with E-state index in [2.05, 4.69) is 9.97 Å². The number of esters is 1. The zero-order valence-corrected chi connectivity index (χ0v) is 11.9. The SMILES string of the molecule is CCOC(=O)c1c(C)nc(-c2ccc(Cl)cc2)nc1N. The Morgan fingerprint density at radius 2 is 1.95 bits per heavy atom. The molecule has 0 bridgehead atoms. The molecule has 0 amide bonds. The van der Waals surface area contributed by atoms with Gasteiger partial charge in [-0.05, 0) is 38.1 Å². The first-order chi connectivity index (χ1) is 9.52. The van der Waals surface area contributed by atoms with Crippen molar-refractivity contribution in [2.24, 2.45) is 0 Å². The van der Waals surface area contributed by atoms with E-state index in [0.29, 0.717) is 16.5 Å². The Balaban J connectivity index is 2.44. The molecular formula is C14H14ClN3O2. The van der Waals surface area contributed by atoms with Crippen molar-refractivity contribution in [2.75, 3.05) is 12.3 Å². The molecule has 0 aliphatic heterocycles. The molecule has 0 spiro atoms. The van der Waals surface area contributed by atoms with Gasteiger partial charge in [-0.1, -0.05) is 11.6 Å². The molecule has 1 heterocycles. The van der Waals surface area contributed by atoms with E-state index in [-0.39, 0.29) is 18.0 Å². The second-order valence-corrected chi connectivity index (χ2v) is 4.56. The van der Waals surface area contributed by atoms with Crippen molar-refractivity contribution in [3.8, 4) is 11.4 Å². The Kier molecular flexibility index (Phi) is 4.20. The molecule has 1 aromatic heterocycles. The number of carbonyl (C=O) groups excluding carboxylic acids is 1. The van der Waals surface area contributed by atoms with E-state index < -0.39 is 5.97 Å². The molecule has 0 saturated heterocycles. The van der Waals surface area contributed by atoms with Crippen LogP contribution in [0.3, 0.4) is 0 Å². The normalized spacial score (nSPS) is 10.3. The molecule has 0 aliphatic rings. The van der Waals surface area contributed by atoms with Gasteiger partial charge in [0.2, 0.25) is 0 Å². The lowest BCUT2D eigenvalue weighted by molar-refractivity contribution is 0.0526. The molecule has 5 nitrogen and oxygen atoms in total. The summed E-state index contributed by atoms with van der Waals surface area (Å²) in [6, 6.07) is 7.07. The Morgan fingerprint density at radius 1 is 1.30 bits per heavy atom. The van der Waals surface area contributed by atoms with Gasteiger partial charge in [-0.15, -0.1) is 0 Å². The fourth-order valence-electron chi connectivity index (χ4n) is 1.78. The molecule has 104 valence electrons. The summed E-state index contributed by atoms with van der Waals surface area (Å²) in [7, 11) is 0. The summed E-state index contributed by atoms with van der Waals surface area (Å²) in [5.41, 5.74) is 7.32. The zero-order valence-electron chi connectivity index (χ0n) is 11.2. The van der Waals surface area contributed by atoms with Gasteiger partial charge in [-0.25, -0.2) is 14.8 Å². The van der Waals surface area contributed by atoms with Gasteiger partial charge in [0.1, 0.15) is 11.4 Å². The number of rotatable bonds is 3. The average molecular weight is 292 g/mol. The lowest BCUT2D eigenvalue weighted by Crippen LogP contribution is -2.13. The minimum absolute atomic E-state index is 0.112. The molecular weight excluding hydrogens is 278 g/mol. The first-order valence-electron chi connectivity index (χ1n) is 6.10. The first-order valence-corrected chi connectivity index (χ1v) is 6.48. The monoisotopic (exact) mass is 291 g/mol. The van der Waals surface area contributed by atoms with Crippen LogP contribution in [0.15, 0.2) is 24.3 Å². The van der Waals surface area contributed by atoms with Crippen molar-refractivity contribution < 1.29 is 9.53 Å². The number of hydrogen-bond donors (Lipinski definition) is 1. The molecule has 20 heavy (non-hydrogen) atoms. The van der Waals surface area contributed by atoms with E-state index in [4.69, 9.17) is 22.1 Å². The van der Waals surface area contributed by atoms with Gasteiger partial charge < -0.3 is 10.5 Å². The highest BCUT2D eigenvalue weighted by molar-refractivity contribution is 6.30. The molecule has 0 fully saturated rings. The summed E-state index contributed by atoms with van der Waals surface area (Å²) in [4.78, 5) is 20.2. The number of aromatic nitrogens is 2. The predicted octanol–water partition coefficient (Wildman–Crippen LogP) is 2.86. The topological polar surface area (TPSA) is 78.1 Å². The van der Waals surface area contributed by atoms with Gasteiger partial charge in [0, 0.05) is 10.6 Å². The van der Waals surface area contributed by atoms with Crippen LogP contribution in [0.4, 0.5) is 5.82 Å². The van der Waals surface area contributed by atoms with Gasteiger partial charge in [-0.2, -0.15) is 0 Å². The lowest BCUT2D eigenvalue weighted by atomic mass is 10.1. The van der Waals surface area contributed by atoms with Crippen LogP contribution >= 0.6 is 11.6 Å². The summed E-state index contributed by atoms with van der Waals surface area (Å²) in [6.45, 7) is 3.70. The second kappa shape index (κ2) is 5.88. The molecule has 0 saturated carbocycles. The number of aryl methyl sites for hydroxylation is 1. The Labute approximate surface area is 121 Å². The summed E-state index contributed by atoms with van der Waals surface area (Å²) in [5, 5.41) is 0.626. The Morgan fingerprint density at radius 3 is 2.50 bits per heavy atom. The summed E-state index contributed by atoms with van der Waals surface area (Å²) in [6.07, 6.45) is 0. The van der Waals surface area contributed by atoms with Crippen LogP contribution in [0.2, 0.25) is 5.02 Å². The van der Waals surface area contributed by atoms with Crippen LogP contribution in [0, 0.1) is 6.92 Å². The minimum atomic E-state index is -0.509. The highest BCUT2D eigenvalue weighted by Gasteiger charge is 2.18. The number of nitrogen functional groups attached to an aromatic ring is 1. The molecule has 1 aromatic carbocycles. The Bertz CT molecular complexity index is 618. The number of nitrogens with zero attached hydrogens (tertiary/aromatic N) is 2. The zero-order chi connectivity index (χ0) is 14.7. The lowest BCUT2D eigenvalue weighted by Gasteiger charge is -2.09. The predicted molar refractivity (Wildman–Crippen MR) is 77.6 cm³/mol. The van der Waals surface area contributed by atoms with Gasteiger partial charge in [-0.3, -0.25) is 0 Å². The van der Waals surface area contributed by atoms with Gasteiger partial charge in [0.05, 0.1) is 12.3 Å². The third-order valence-corrected chi connectivity index (χ3v) is 2.95. The fraction of sp³-hybridized carbons (Fsp3) is 0.214. The number of anilines is 1. The van der Waals surface area contributed by atoms with Gasteiger partial charge in [0.25, 0.3) is 0 Å². The standard InChI is InChI=1S/C14H14ClN3O2/c1-3-20-14(19)11-8(2)17-13(18-12(11)16)9-4-6-10(15)7-5-9/h4-7H,3H2,1-2H3,(H2,16,17,18). The fourth-order valence-corrected chi connectivity index (χ4v) is 1.90. The maximum absolute atomic E-state index is 11.8. The number of halogens is 1. The second-order valence-electron chi connectivity index (χ2n) is 4.12. The van der Waals surface area contributed by atoms with E-state index in [0.717, 1.165) is 5.56 Å². The van der Waals surface area contributed by atoms with Crippen LogP contribution in [-0.2, 0) is 4.74 Å². The highest BCUT2D eigenvalue weighted by Crippen LogP contribution is 2.22. The molecule has 2 rings (SSSR count). The number of hydrogen-bond acceptors (Lipinski definition) is 5. The summed E-state index contributed by atoms with van der Waals surface area (Å²) < 4.78 is 4.93. The molecule has 2 aromatic rings. The van der Waals surface area contributed by atoms with E-state index in [1.807, 2.05) is 0 Å². The summed E-state index contributed by atoms with van der Waals surface area (Å²) in [5.74, 6) is 0.0516. The van der Waals surface area contributed by atoms with Gasteiger partial charge in [0.15, 0.2) is 5.82 Å². The third-order valence-electron chi connectivity index (χ3n) is 2.70. The molecule has 6 heteroatoms. The van der Waals surface area contributed by atoms with Crippen molar-refractivity contribution in [3.05, 3.63) is 40.5 Å². The summed E-state index contributed by atoms with van der Waals surface area (Å²) >= 11 is 5.84. The highest BCUT2D eigenvalue weighted by atomic mass is 35.5. The van der Waals surface area contributed by atoms with Gasteiger partial charge >= 0.3 is 5.97 Å². The van der Waals surface area contributed by atoms with Crippen molar-refractivity contribution in [1.82, 2.24) is 9.97 Å². The minimum Gasteiger partial charge on any atom is -0.462 e. The van der Waals surface area contributed by atoms with E-state index in [1.165, 1.54) is 0 Å². The van der Waals surface area contributed by atoms with E-state index in [9.17, 15) is 4.79 Å². The molecule has 2 N–H and O–H groups in total. The van der Waals surface area contributed by atoms with E-state index >= 15 is 0 Å². The maximum Gasteiger partial charge on any atom is 0.343 e. The van der Waals surface area contributed by atoms with Crippen LogP contribution in [0.25, 0.3) is 11.4 Å². The quantitative estimate of drug-likeness (QED) is 0.880. The van der Waals surface area contributed by atoms with E-state index in [1.54, 1.807) is 38.1 Å². The number of benzene rings is 1. The van der Waals surface area contributed by atoms with Crippen LogP contribution in [0.1, 0.15) is 23.0 Å². The molecule has 0 radical (unpaired) electrons. The van der Waals surface area contributed by atoms with Crippen LogP contribution in [0.5, 0.6) is 0 Å². The first kappa shape index (κ1) is 14.3. The van der Waals surface area contributed by atoms with Crippen LogP contribution in [-0.4, -0.2) is 22.5 Å². The molecule has 0 atom stereocenters. The molecule has 0 unspecified atom stereocenters. The number of nitrogens with two attached hydrogens (primary N) is 1. The Hall–Kier alpha value is -2.14. The van der Waals surface area contributed by atoms with Crippen molar-refractivity contribution >= 4 is 23.4 Å². The smallest absolute Gasteiger partial charge is 0.343 e. The van der Waals surface area contributed by atoms with Crippen molar-refractivity contribution in [2.45, 2.75) is 13.8 Å². The van der Waals surface area contributed by atoms with Crippen LogP contribution < -0.4 is 5.73 Å². The van der Waals surface area contributed by atoms with Crippen molar-refractivity contribution in [1.29, 1.82) is 0 Å². The number of carbonyl (C=O) groups is 1. The number of ether oxygens (including phenoxy) is 1. The molecule has 0 aliphatic carbocycles. The third kappa shape index (κ3) is 2.88. The largest absolute Gasteiger partial charge is 0.462 e. The maximum atomic E-state index is 11.8. The average Bonchev–Trinajstić information content (AvgIpc) is 2.39.